The average molecular weight is 441 g/mol. The molecule has 2 N–H and O–H groups in total. The van der Waals surface area contributed by atoms with Gasteiger partial charge in [0, 0.05) is 0 Å². The lowest BCUT2D eigenvalue weighted by atomic mass is 10.1. The number of carbonyl (C=O) groups excluding carboxylic acids is 1. The molecule has 7 nitrogen and oxygen atoms in total. The van der Waals surface area contributed by atoms with Crippen molar-refractivity contribution >= 4 is 34.2 Å². The fourth-order valence-electron chi connectivity index (χ4n) is 3.11. The molecule has 0 saturated heterocycles. The summed E-state index contributed by atoms with van der Waals surface area (Å²) in [7, 11) is 1.47. The number of amides is 1. The molecule has 0 bridgehead atoms. The van der Waals surface area contributed by atoms with Gasteiger partial charge in [-0.1, -0.05) is 41.9 Å². The normalized spacial score (nSPS) is 11.9. The number of aromatic nitrogens is 3. The van der Waals surface area contributed by atoms with E-state index in [-0.39, 0.29) is 16.3 Å². The Morgan fingerprint density at radius 1 is 1.23 bits per heavy atom. The Hall–Kier alpha value is -3.65. The van der Waals surface area contributed by atoms with E-state index in [0.717, 1.165) is 5.56 Å². The van der Waals surface area contributed by atoms with Crippen molar-refractivity contribution in [1.82, 2.24) is 15.2 Å². The van der Waals surface area contributed by atoms with E-state index in [9.17, 15) is 4.79 Å². The van der Waals surface area contributed by atoms with Crippen LogP contribution in [0, 0.1) is 5.82 Å². The molecule has 1 unspecified atom stereocenters. The van der Waals surface area contributed by atoms with Gasteiger partial charge < -0.3 is 14.8 Å². The van der Waals surface area contributed by atoms with Gasteiger partial charge in [-0.05, 0) is 30.7 Å². The zero-order chi connectivity index (χ0) is 22.0. The Morgan fingerprint density at radius 2 is 2.00 bits per heavy atom. The molecule has 9 heteroatoms. The molecule has 31 heavy (non-hydrogen) atoms. The van der Waals surface area contributed by atoms with Crippen LogP contribution in [0.1, 0.15) is 28.9 Å². The second kappa shape index (κ2) is 8.61. The van der Waals surface area contributed by atoms with Crippen LogP contribution in [-0.2, 0) is 0 Å². The SMILES string of the molecule is COc1n[nH]c2ncc(NC(=O)c3c(Cl)ccc(OC(C)c4ccccc4)c3F)cc12. The molecule has 0 radical (unpaired) electrons. The van der Waals surface area contributed by atoms with Crippen molar-refractivity contribution in [2.24, 2.45) is 0 Å². The lowest BCUT2D eigenvalue weighted by molar-refractivity contribution is 0.102. The first kappa shape index (κ1) is 20.6. The number of hydrogen-bond acceptors (Lipinski definition) is 5. The van der Waals surface area contributed by atoms with Crippen LogP contribution in [0.15, 0.2) is 54.7 Å². The topological polar surface area (TPSA) is 89.1 Å². The molecule has 0 spiro atoms. The minimum absolute atomic E-state index is 0.0374. The van der Waals surface area contributed by atoms with Crippen molar-refractivity contribution in [3.63, 3.8) is 0 Å². The lowest BCUT2D eigenvalue weighted by Crippen LogP contribution is -2.16. The van der Waals surface area contributed by atoms with Gasteiger partial charge in [0.05, 0.1) is 35.0 Å². The summed E-state index contributed by atoms with van der Waals surface area (Å²) >= 11 is 6.13. The van der Waals surface area contributed by atoms with Crippen LogP contribution >= 0.6 is 11.6 Å². The second-order valence-corrected chi connectivity index (χ2v) is 7.12. The van der Waals surface area contributed by atoms with Gasteiger partial charge in [0.25, 0.3) is 5.91 Å². The van der Waals surface area contributed by atoms with Gasteiger partial charge in [-0.25, -0.2) is 9.37 Å². The molecule has 0 aliphatic carbocycles. The number of aromatic amines is 1. The summed E-state index contributed by atoms with van der Waals surface area (Å²) in [5, 5.41) is 9.82. The van der Waals surface area contributed by atoms with Crippen molar-refractivity contribution in [3.05, 3.63) is 76.7 Å². The van der Waals surface area contributed by atoms with Crippen LogP contribution in [0.3, 0.4) is 0 Å². The van der Waals surface area contributed by atoms with Gasteiger partial charge in [-0.3, -0.25) is 9.89 Å². The van der Waals surface area contributed by atoms with E-state index in [4.69, 9.17) is 21.1 Å². The van der Waals surface area contributed by atoms with Gasteiger partial charge >= 0.3 is 0 Å². The maximum Gasteiger partial charge on any atom is 0.260 e. The number of rotatable bonds is 6. The van der Waals surface area contributed by atoms with Crippen molar-refractivity contribution in [2.45, 2.75) is 13.0 Å². The number of halogens is 2. The number of nitrogens with one attached hydrogen (secondary N) is 2. The molecule has 0 aliphatic heterocycles. The number of H-pyrrole nitrogens is 1. The summed E-state index contributed by atoms with van der Waals surface area (Å²) in [5.41, 5.74) is 1.37. The first-order valence-electron chi connectivity index (χ1n) is 9.37. The third-order valence-corrected chi connectivity index (χ3v) is 5.00. The predicted octanol–water partition coefficient (Wildman–Crippen LogP) is 5.15. The molecule has 2 aromatic heterocycles. The van der Waals surface area contributed by atoms with E-state index >= 15 is 4.39 Å². The number of benzene rings is 2. The largest absolute Gasteiger partial charge is 0.483 e. The van der Waals surface area contributed by atoms with Crippen LogP contribution in [0.4, 0.5) is 10.1 Å². The quantitative estimate of drug-likeness (QED) is 0.432. The molecular weight excluding hydrogens is 423 g/mol. The van der Waals surface area contributed by atoms with E-state index in [2.05, 4.69) is 20.5 Å². The smallest absolute Gasteiger partial charge is 0.260 e. The minimum Gasteiger partial charge on any atom is -0.483 e. The van der Waals surface area contributed by atoms with Crippen molar-refractivity contribution in [3.8, 4) is 11.6 Å². The Bertz CT molecular complexity index is 1250. The molecule has 0 fully saturated rings. The van der Waals surface area contributed by atoms with Crippen molar-refractivity contribution in [2.75, 3.05) is 12.4 Å². The summed E-state index contributed by atoms with van der Waals surface area (Å²) in [6.45, 7) is 1.79. The van der Waals surface area contributed by atoms with Crippen LogP contribution in [0.5, 0.6) is 11.6 Å². The van der Waals surface area contributed by atoms with Gasteiger partial charge in [-0.2, -0.15) is 0 Å². The zero-order valence-corrected chi connectivity index (χ0v) is 17.4. The maximum absolute atomic E-state index is 15.2. The molecule has 0 aliphatic rings. The molecule has 4 rings (SSSR count). The number of hydrogen-bond donors (Lipinski definition) is 2. The van der Waals surface area contributed by atoms with Gasteiger partial charge in [0.1, 0.15) is 6.10 Å². The standard InChI is InChI=1S/C22H18ClFN4O3/c1-12(13-6-4-3-5-7-13)31-17-9-8-16(23)18(19(17)24)21(29)26-14-10-15-20(25-11-14)27-28-22(15)30-2/h3-12H,1-2H3,(H,26,29)(H,25,27,28). The molecule has 158 valence electrons. The van der Waals surface area contributed by atoms with E-state index in [0.29, 0.717) is 22.6 Å². The number of fused-ring (bicyclic) bond motifs is 1. The fourth-order valence-corrected chi connectivity index (χ4v) is 3.35. The summed E-state index contributed by atoms with van der Waals surface area (Å²) in [6, 6.07) is 13.8. The van der Waals surface area contributed by atoms with E-state index < -0.39 is 17.8 Å². The highest BCUT2D eigenvalue weighted by Gasteiger charge is 2.22. The molecule has 1 atom stereocenters. The van der Waals surface area contributed by atoms with Gasteiger partial charge in [0.2, 0.25) is 5.88 Å². The zero-order valence-electron chi connectivity index (χ0n) is 16.6. The predicted molar refractivity (Wildman–Crippen MR) is 115 cm³/mol. The number of ether oxygens (including phenoxy) is 2. The molecule has 0 saturated carbocycles. The van der Waals surface area contributed by atoms with Gasteiger partial charge in [-0.15, -0.1) is 5.10 Å². The highest BCUT2D eigenvalue weighted by atomic mass is 35.5. The van der Waals surface area contributed by atoms with Crippen LogP contribution in [0.2, 0.25) is 5.02 Å². The van der Waals surface area contributed by atoms with E-state index in [1.807, 2.05) is 30.3 Å². The Balaban J connectivity index is 1.60. The first-order chi connectivity index (χ1) is 15.0. The number of nitrogens with zero attached hydrogens (tertiary/aromatic N) is 2. The second-order valence-electron chi connectivity index (χ2n) is 6.71. The Labute approximate surface area is 182 Å². The highest BCUT2D eigenvalue weighted by molar-refractivity contribution is 6.34. The van der Waals surface area contributed by atoms with E-state index in [1.54, 1.807) is 13.0 Å². The number of pyridine rings is 1. The average Bonchev–Trinajstić information content (AvgIpc) is 3.18. The third kappa shape index (κ3) is 4.15. The fraction of sp³-hybridized carbons (Fsp3) is 0.136. The monoisotopic (exact) mass is 440 g/mol. The summed E-state index contributed by atoms with van der Waals surface area (Å²) in [4.78, 5) is 17.0. The Morgan fingerprint density at radius 3 is 2.74 bits per heavy atom. The van der Waals surface area contributed by atoms with E-state index in [1.165, 1.54) is 25.4 Å². The Kier molecular flexibility index (Phi) is 5.73. The van der Waals surface area contributed by atoms with Gasteiger partial charge in [0.15, 0.2) is 17.2 Å². The van der Waals surface area contributed by atoms with Crippen LogP contribution in [-0.4, -0.2) is 28.2 Å². The molecule has 2 aromatic carbocycles. The summed E-state index contributed by atoms with van der Waals surface area (Å²) < 4.78 is 26.1. The first-order valence-corrected chi connectivity index (χ1v) is 9.74. The van der Waals surface area contributed by atoms with Crippen LogP contribution in [0.25, 0.3) is 11.0 Å². The minimum atomic E-state index is -0.845. The number of methoxy groups -OCH3 is 1. The summed E-state index contributed by atoms with van der Waals surface area (Å²) in [5.74, 6) is -1.32. The van der Waals surface area contributed by atoms with Crippen molar-refractivity contribution in [1.29, 1.82) is 0 Å². The molecule has 2 heterocycles. The summed E-state index contributed by atoms with van der Waals surface area (Å²) in [6.07, 6.45) is 0.995. The maximum atomic E-state index is 15.2. The molecular formula is C22H18ClFN4O3. The molecule has 1 amide bonds. The highest BCUT2D eigenvalue weighted by Crippen LogP contribution is 2.31. The number of anilines is 1. The van der Waals surface area contributed by atoms with Crippen LogP contribution < -0.4 is 14.8 Å². The lowest BCUT2D eigenvalue weighted by Gasteiger charge is -2.17. The van der Waals surface area contributed by atoms with Crippen molar-refractivity contribution < 1.29 is 18.7 Å². The molecule has 4 aromatic rings. The number of carbonyl (C=O) groups is 1. The third-order valence-electron chi connectivity index (χ3n) is 4.69.